The highest BCUT2D eigenvalue weighted by Gasteiger charge is 2.18. The molecule has 1 aliphatic heterocycles. The lowest BCUT2D eigenvalue weighted by atomic mass is 10.1. The van der Waals surface area contributed by atoms with E-state index in [9.17, 15) is 0 Å². The van der Waals surface area contributed by atoms with Gasteiger partial charge in [0.1, 0.15) is 5.75 Å². The summed E-state index contributed by atoms with van der Waals surface area (Å²) < 4.78 is 6.37. The Morgan fingerprint density at radius 3 is 2.85 bits per heavy atom. The van der Waals surface area contributed by atoms with Gasteiger partial charge in [-0.2, -0.15) is 0 Å². The van der Waals surface area contributed by atoms with Crippen molar-refractivity contribution in [2.75, 3.05) is 14.2 Å². The van der Waals surface area contributed by atoms with E-state index in [2.05, 4.69) is 33.9 Å². The third kappa shape index (κ3) is 1.58. The quantitative estimate of drug-likeness (QED) is 0.749. The summed E-state index contributed by atoms with van der Waals surface area (Å²) in [5.74, 6) is 0.931. The van der Waals surface area contributed by atoms with Gasteiger partial charge >= 0.3 is 0 Å². The van der Waals surface area contributed by atoms with Crippen molar-refractivity contribution < 1.29 is 4.74 Å². The zero-order valence-electron chi connectivity index (χ0n) is 7.80. The molecular formula is C10H12BrNO. The van der Waals surface area contributed by atoms with Gasteiger partial charge in [0.25, 0.3) is 0 Å². The van der Waals surface area contributed by atoms with Crippen molar-refractivity contribution in [1.29, 1.82) is 0 Å². The first-order chi connectivity index (χ1) is 6.20. The molecule has 0 N–H and O–H groups in total. The highest BCUT2D eigenvalue weighted by molar-refractivity contribution is 9.10. The van der Waals surface area contributed by atoms with Crippen molar-refractivity contribution in [3.8, 4) is 5.75 Å². The first-order valence-electron chi connectivity index (χ1n) is 4.24. The third-order valence-corrected chi connectivity index (χ3v) is 3.07. The van der Waals surface area contributed by atoms with Crippen LogP contribution >= 0.6 is 15.9 Å². The maximum absolute atomic E-state index is 5.21. The summed E-state index contributed by atoms with van der Waals surface area (Å²) in [5.41, 5.74) is 2.76. The summed E-state index contributed by atoms with van der Waals surface area (Å²) in [5, 5.41) is 0. The zero-order chi connectivity index (χ0) is 9.42. The molecule has 0 saturated heterocycles. The zero-order valence-corrected chi connectivity index (χ0v) is 9.39. The molecule has 70 valence electrons. The van der Waals surface area contributed by atoms with Crippen molar-refractivity contribution in [1.82, 2.24) is 4.90 Å². The van der Waals surface area contributed by atoms with E-state index in [1.807, 2.05) is 6.07 Å². The molecule has 0 unspecified atom stereocenters. The Morgan fingerprint density at radius 2 is 2.15 bits per heavy atom. The van der Waals surface area contributed by atoms with Crippen LogP contribution < -0.4 is 4.74 Å². The van der Waals surface area contributed by atoms with Crippen molar-refractivity contribution in [2.24, 2.45) is 0 Å². The Kier molecular flexibility index (Phi) is 2.30. The van der Waals surface area contributed by atoms with Crippen LogP contribution in [0.4, 0.5) is 0 Å². The normalized spacial score (nSPS) is 15.9. The van der Waals surface area contributed by atoms with Crippen LogP contribution in [0.25, 0.3) is 0 Å². The Labute approximate surface area is 86.6 Å². The average molecular weight is 242 g/mol. The summed E-state index contributed by atoms with van der Waals surface area (Å²) in [6.07, 6.45) is 0. The van der Waals surface area contributed by atoms with Gasteiger partial charge in [-0.1, -0.05) is 15.9 Å². The summed E-state index contributed by atoms with van der Waals surface area (Å²) in [7, 11) is 3.83. The molecule has 0 spiro atoms. The van der Waals surface area contributed by atoms with Gasteiger partial charge in [-0.15, -0.1) is 0 Å². The van der Waals surface area contributed by atoms with Crippen LogP contribution in [0.5, 0.6) is 5.75 Å². The molecule has 1 aliphatic rings. The monoisotopic (exact) mass is 241 g/mol. The highest BCUT2D eigenvalue weighted by Crippen LogP contribution is 2.32. The number of benzene rings is 1. The Balaban J connectivity index is 2.46. The minimum atomic E-state index is 0.931. The van der Waals surface area contributed by atoms with E-state index in [4.69, 9.17) is 4.74 Å². The molecule has 0 aliphatic carbocycles. The van der Waals surface area contributed by atoms with E-state index in [0.717, 1.165) is 23.3 Å². The molecule has 0 amide bonds. The van der Waals surface area contributed by atoms with Crippen LogP contribution in [-0.4, -0.2) is 19.1 Å². The summed E-state index contributed by atoms with van der Waals surface area (Å²) >= 11 is 3.56. The van der Waals surface area contributed by atoms with E-state index in [0.29, 0.717) is 0 Å². The highest BCUT2D eigenvalue weighted by atomic mass is 79.9. The largest absolute Gasteiger partial charge is 0.497 e. The number of fused-ring (bicyclic) bond motifs is 1. The predicted molar refractivity (Wildman–Crippen MR) is 55.9 cm³/mol. The van der Waals surface area contributed by atoms with Gasteiger partial charge in [0, 0.05) is 17.6 Å². The van der Waals surface area contributed by atoms with Crippen LogP contribution in [0.15, 0.2) is 16.6 Å². The number of nitrogens with zero attached hydrogens (tertiary/aromatic N) is 1. The number of methoxy groups -OCH3 is 1. The van der Waals surface area contributed by atoms with Crippen molar-refractivity contribution in [2.45, 2.75) is 13.1 Å². The molecule has 3 heteroatoms. The van der Waals surface area contributed by atoms with Gasteiger partial charge in [-0.3, -0.25) is 4.90 Å². The van der Waals surface area contributed by atoms with Gasteiger partial charge < -0.3 is 4.74 Å². The molecule has 0 atom stereocenters. The van der Waals surface area contributed by atoms with Crippen molar-refractivity contribution in [3.05, 3.63) is 27.7 Å². The molecule has 0 fully saturated rings. The average Bonchev–Trinajstić information content (AvgIpc) is 2.46. The van der Waals surface area contributed by atoms with Crippen LogP contribution in [-0.2, 0) is 13.1 Å². The van der Waals surface area contributed by atoms with Crippen LogP contribution in [0.2, 0.25) is 0 Å². The van der Waals surface area contributed by atoms with Gasteiger partial charge in [-0.25, -0.2) is 0 Å². The SMILES string of the molecule is COc1cc(Br)c2c(c1)CN(C)C2. The number of rotatable bonds is 1. The summed E-state index contributed by atoms with van der Waals surface area (Å²) in [6.45, 7) is 2.05. The first-order valence-corrected chi connectivity index (χ1v) is 5.04. The van der Waals surface area contributed by atoms with E-state index >= 15 is 0 Å². The lowest BCUT2D eigenvalue weighted by Crippen LogP contribution is -2.07. The second-order valence-electron chi connectivity index (χ2n) is 3.42. The molecule has 1 heterocycles. The first kappa shape index (κ1) is 9.03. The maximum Gasteiger partial charge on any atom is 0.120 e. The fourth-order valence-corrected chi connectivity index (χ4v) is 2.32. The van der Waals surface area contributed by atoms with E-state index in [-0.39, 0.29) is 0 Å². The van der Waals surface area contributed by atoms with Crippen LogP contribution in [0, 0.1) is 0 Å². The van der Waals surface area contributed by atoms with Crippen molar-refractivity contribution in [3.63, 3.8) is 0 Å². The molecule has 0 saturated carbocycles. The summed E-state index contributed by atoms with van der Waals surface area (Å²) in [4.78, 5) is 2.29. The molecule has 0 aromatic heterocycles. The Bertz CT molecular complexity index is 338. The number of ether oxygens (including phenoxy) is 1. The molecule has 1 aromatic carbocycles. The molecule has 2 rings (SSSR count). The Hall–Kier alpha value is -0.540. The van der Waals surface area contributed by atoms with Gasteiger partial charge in [0.15, 0.2) is 0 Å². The Morgan fingerprint density at radius 1 is 1.38 bits per heavy atom. The standard InChI is InChI=1S/C10H12BrNO/c1-12-5-7-3-8(13-2)4-10(11)9(7)6-12/h3-4H,5-6H2,1-2H3. The fourth-order valence-electron chi connectivity index (χ4n) is 1.72. The van der Waals surface area contributed by atoms with Gasteiger partial charge in [-0.05, 0) is 30.3 Å². The maximum atomic E-state index is 5.21. The predicted octanol–water partition coefficient (Wildman–Crippen LogP) is 2.40. The number of halogens is 1. The molecule has 0 radical (unpaired) electrons. The minimum Gasteiger partial charge on any atom is -0.497 e. The van der Waals surface area contributed by atoms with E-state index < -0.39 is 0 Å². The van der Waals surface area contributed by atoms with E-state index in [1.165, 1.54) is 11.1 Å². The third-order valence-electron chi connectivity index (χ3n) is 2.37. The second-order valence-corrected chi connectivity index (χ2v) is 4.27. The lowest BCUT2D eigenvalue weighted by molar-refractivity contribution is 0.352. The molecular weight excluding hydrogens is 230 g/mol. The van der Waals surface area contributed by atoms with E-state index in [1.54, 1.807) is 7.11 Å². The molecule has 0 bridgehead atoms. The second kappa shape index (κ2) is 3.31. The van der Waals surface area contributed by atoms with Crippen LogP contribution in [0.3, 0.4) is 0 Å². The lowest BCUT2D eigenvalue weighted by Gasteiger charge is -2.05. The topological polar surface area (TPSA) is 12.5 Å². The number of hydrogen-bond donors (Lipinski definition) is 0. The molecule has 13 heavy (non-hydrogen) atoms. The molecule has 2 nitrogen and oxygen atoms in total. The minimum absolute atomic E-state index is 0.931. The van der Waals surface area contributed by atoms with Gasteiger partial charge in [0.05, 0.1) is 7.11 Å². The van der Waals surface area contributed by atoms with Crippen molar-refractivity contribution >= 4 is 15.9 Å². The molecule has 1 aromatic rings. The fraction of sp³-hybridized carbons (Fsp3) is 0.400. The van der Waals surface area contributed by atoms with Gasteiger partial charge in [0.2, 0.25) is 0 Å². The smallest absolute Gasteiger partial charge is 0.120 e. The summed E-state index contributed by atoms with van der Waals surface area (Å²) in [6, 6.07) is 4.14. The van der Waals surface area contributed by atoms with Crippen LogP contribution in [0.1, 0.15) is 11.1 Å². The number of hydrogen-bond acceptors (Lipinski definition) is 2.